The highest BCUT2D eigenvalue weighted by molar-refractivity contribution is 5.94. The van der Waals surface area contributed by atoms with Gasteiger partial charge in [-0.3, -0.25) is 4.79 Å². The lowest BCUT2D eigenvalue weighted by molar-refractivity contribution is 0.101. The van der Waals surface area contributed by atoms with Gasteiger partial charge in [-0.05, 0) is 57.9 Å². The molecule has 0 aliphatic carbocycles. The van der Waals surface area contributed by atoms with Gasteiger partial charge in [-0.1, -0.05) is 0 Å². The molecule has 1 aliphatic rings. The fraction of sp³-hybridized carbons (Fsp3) is 0.562. The summed E-state index contributed by atoms with van der Waals surface area (Å²) in [5.74, 6) is 0.122. The molecule has 1 aromatic carbocycles. The van der Waals surface area contributed by atoms with Crippen LogP contribution in [0.1, 0.15) is 44.0 Å². The zero-order valence-electron chi connectivity index (χ0n) is 12.1. The summed E-state index contributed by atoms with van der Waals surface area (Å²) in [6.07, 6.45) is 2.37. The summed E-state index contributed by atoms with van der Waals surface area (Å²) in [6.45, 7) is 8.45. The molecule has 3 nitrogen and oxygen atoms in total. The van der Waals surface area contributed by atoms with Crippen molar-refractivity contribution in [2.24, 2.45) is 0 Å². The number of nitrogens with zero attached hydrogens (tertiary/aromatic N) is 1. The van der Waals surface area contributed by atoms with E-state index in [9.17, 15) is 4.79 Å². The van der Waals surface area contributed by atoms with Crippen molar-refractivity contribution < 1.29 is 4.79 Å². The minimum absolute atomic E-state index is 0.122. The molecular formula is C16H24N2O. The second-order valence-electron chi connectivity index (χ2n) is 5.68. The Hall–Kier alpha value is -1.35. The molecule has 0 radical (unpaired) electrons. The molecule has 0 aromatic heterocycles. The van der Waals surface area contributed by atoms with Gasteiger partial charge < -0.3 is 10.2 Å². The third-order valence-electron chi connectivity index (χ3n) is 3.92. The number of likely N-dealkylation sites (tertiary alicyclic amines) is 1. The number of Topliss-reactive ketones (excluding diaryl/α,β-unsaturated/α-hetero) is 1. The molecule has 1 fully saturated rings. The lowest BCUT2D eigenvalue weighted by Gasteiger charge is -2.35. The van der Waals surface area contributed by atoms with Crippen LogP contribution in [-0.2, 0) is 0 Å². The smallest absolute Gasteiger partial charge is 0.159 e. The summed E-state index contributed by atoms with van der Waals surface area (Å²) < 4.78 is 0. The van der Waals surface area contributed by atoms with Gasteiger partial charge in [-0.2, -0.15) is 0 Å². The molecule has 1 aromatic rings. The maximum Gasteiger partial charge on any atom is 0.159 e. The maximum absolute atomic E-state index is 11.2. The second kappa shape index (κ2) is 6.20. The Morgan fingerprint density at radius 1 is 1.21 bits per heavy atom. The lowest BCUT2D eigenvalue weighted by Crippen LogP contribution is -2.42. The van der Waals surface area contributed by atoms with Gasteiger partial charge in [0.2, 0.25) is 0 Å². The number of ketones is 1. The topological polar surface area (TPSA) is 32.3 Å². The van der Waals surface area contributed by atoms with Gasteiger partial charge in [0.25, 0.3) is 0 Å². The molecule has 2 rings (SSSR count). The molecule has 19 heavy (non-hydrogen) atoms. The number of carbonyl (C=O) groups is 1. The molecule has 3 heteroatoms. The number of nitrogens with one attached hydrogen (secondary N) is 1. The third-order valence-corrected chi connectivity index (χ3v) is 3.92. The Bertz CT molecular complexity index is 417. The quantitative estimate of drug-likeness (QED) is 0.844. The van der Waals surface area contributed by atoms with E-state index in [-0.39, 0.29) is 5.78 Å². The molecule has 1 aliphatic heterocycles. The van der Waals surface area contributed by atoms with Crippen LogP contribution in [0.3, 0.4) is 0 Å². The van der Waals surface area contributed by atoms with E-state index in [0.717, 1.165) is 11.3 Å². The summed E-state index contributed by atoms with van der Waals surface area (Å²) in [7, 11) is 0. The zero-order chi connectivity index (χ0) is 13.8. The van der Waals surface area contributed by atoms with E-state index < -0.39 is 0 Å². The van der Waals surface area contributed by atoms with Crippen LogP contribution < -0.4 is 5.32 Å². The van der Waals surface area contributed by atoms with Gasteiger partial charge in [0, 0.05) is 36.4 Å². The van der Waals surface area contributed by atoms with Crippen LogP contribution in [-0.4, -0.2) is 35.9 Å². The molecule has 1 N–H and O–H groups in total. The van der Waals surface area contributed by atoms with Gasteiger partial charge in [-0.15, -0.1) is 0 Å². The molecule has 0 bridgehead atoms. The van der Waals surface area contributed by atoms with Crippen molar-refractivity contribution in [1.29, 1.82) is 0 Å². The van der Waals surface area contributed by atoms with E-state index in [1.807, 2.05) is 24.3 Å². The number of carbonyl (C=O) groups excluding carboxylic acids is 1. The van der Waals surface area contributed by atoms with E-state index >= 15 is 0 Å². The molecule has 0 amide bonds. The number of piperidine rings is 1. The number of hydrogen-bond donors (Lipinski definition) is 1. The number of benzene rings is 1. The van der Waals surface area contributed by atoms with E-state index in [0.29, 0.717) is 12.1 Å². The molecule has 0 saturated carbocycles. The van der Waals surface area contributed by atoms with Crippen LogP contribution in [0.5, 0.6) is 0 Å². The zero-order valence-corrected chi connectivity index (χ0v) is 12.1. The predicted molar refractivity (Wildman–Crippen MR) is 79.8 cm³/mol. The molecule has 0 spiro atoms. The van der Waals surface area contributed by atoms with Crippen molar-refractivity contribution in [2.75, 3.05) is 18.4 Å². The third kappa shape index (κ3) is 3.80. The van der Waals surface area contributed by atoms with Crippen LogP contribution in [0.15, 0.2) is 24.3 Å². The van der Waals surface area contributed by atoms with Gasteiger partial charge >= 0.3 is 0 Å². The first-order valence-electron chi connectivity index (χ1n) is 7.18. The van der Waals surface area contributed by atoms with Gasteiger partial charge in [0.05, 0.1) is 0 Å². The monoisotopic (exact) mass is 260 g/mol. The highest BCUT2D eigenvalue weighted by atomic mass is 16.1. The van der Waals surface area contributed by atoms with Gasteiger partial charge in [-0.25, -0.2) is 0 Å². The fourth-order valence-corrected chi connectivity index (χ4v) is 2.60. The van der Waals surface area contributed by atoms with Crippen molar-refractivity contribution in [1.82, 2.24) is 4.90 Å². The average Bonchev–Trinajstić information content (AvgIpc) is 2.40. The largest absolute Gasteiger partial charge is 0.382 e. The van der Waals surface area contributed by atoms with E-state index in [1.165, 1.54) is 25.9 Å². The van der Waals surface area contributed by atoms with Gasteiger partial charge in [0.15, 0.2) is 5.78 Å². The summed E-state index contributed by atoms with van der Waals surface area (Å²) in [5.41, 5.74) is 1.90. The first-order chi connectivity index (χ1) is 9.06. The van der Waals surface area contributed by atoms with Crippen molar-refractivity contribution in [2.45, 2.75) is 45.7 Å². The van der Waals surface area contributed by atoms with Crippen LogP contribution in [0.4, 0.5) is 5.69 Å². The van der Waals surface area contributed by atoms with Crippen molar-refractivity contribution >= 4 is 11.5 Å². The normalized spacial score (nSPS) is 17.7. The summed E-state index contributed by atoms with van der Waals surface area (Å²) >= 11 is 0. The first kappa shape index (κ1) is 14.1. The van der Waals surface area contributed by atoms with Crippen molar-refractivity contribution in [3.05, 3.63) is 29.8 Å². The van der Waals surface area contributed by atoms with E-state index in [1.54, 1.807) is 6.92 Å². The molecule has 0 unspecified atom stereocenters. The van der Waals surface area contributed by atoms with Crippen molar-refractivity contribution in [3.63, 3.8) is 0 Å². The standard InChI is InChI=1S/C16H24N2O/c1-12(2)18-10-8-16(9-11-18)17-15-6-4-14(5-7-15)13(3)19/h4-7,12,16-17H,8-11H2,1-3H3. The second-order valence-corrected chi connectivity index (χ2v) is 5.68. The number of hydrogen-bond acceptors (Lipinski definition) is 3. The molecule has 104 valence electrons. The number of anilines is 1. The molecule has 1 heterocycles. The SMILES string of the molecule is CC(=O)c1ccc(NC2CCN(C(C)C)CC2)cc1. The maximum atomic E-state index is 11.2. The Morgan fingerprint density at radius 3 is 2.26 bits per heavy atom. The molecular weight excluding hydrogens is 236 g/mol. The highest BCUT2D eigenvalue weighted by Gasteiger charge is 2.20. The first-order valence-corrected chi connectivity index (χ1v) is 7.18. The lowest BCUT2D eigenvalue weighted by atomic mass is 10.0. The Labute approximate surface area is 116 Å². The molecule has 0 atom stereocenters. The minimum Gasteiger partial charge on any atom is -0.382 e. The van der Waals surface area contributed by atoms with Crippen molar-refractivity contribution in [3.8, 4) is 0 Å². The molecule has 1 saturated heterocycles. The average molecular weight is 260 g/mol. The highest BCUT2D eigenvalue weighted by Crippen LogP contribution is 2.18. The number of rotatable bonds is 4. The van der Waals surface area contributed by atoms with Gasteiger partial charge in [0.1, 0.15) is 0 Å². The van der Waals surface area contributed by atoms with E-state index in [4.69, 9.17) is 0 Å². The summed E-state index contributed by atoms with van der Waals surface area (Å²) in [5, 5.41) is 3.57. The fourth-order valence-electron chi connectivity index (χ4n) is 2.60. The van der Waals surface area contributed by atoms with Crippen LogP contribution in [0.2, 0.25) is 0 Å². The van der Waals surface area contributed by atoms with E-state index in [2.05, 4.69) is 24.1 Å². The predicted octanol–water partition coefficient (Wildman–Crippen LogP) is 3.17. The van der Waals surface area contributed by atoms with Crippen LogP contribution >= 0.6 is 0 Å². The van der Waals surface area contributed by atoms with Crippen LogP contribution in [0.25, 0.3) is 0 Å². The minimum atomic E-state index is 0.122. The Morgan fingerprint density at radius 2 is 1.79 bits per heavy atom. The summed E-state index contributed by atoms with van der Waals surface area (Å²) in [6, 6.07) is 9.01. The summed E-state index contributed by atoms with van der Waals surface area (Å²) in [4.78, 5) is 13.7. The Balaban J connectivity index is 1.87. The Kier molecular flexibility index (Phi) is 4.59. The van der Waals surface area contributed by atoms with Crippen LogP contribution in [0, 0.1) is 0 Å².